The molecule has 2 aromatic carbocycles. The van der Waals surface area contributed by atoms with Crippen molar-refractivity contribution in [3.8, 4) is 0 Å². The predicted molar refractivity (Wildman–Crippen MR) is 172 cm³/mol. The van der Waals surface area contributed by atoms with Crippen molar-refractivity contribution >= 4 is 45.9 Å². The number of rotatable bonds is 11. The summed E-state index contributed by atoms with van der Waals surface area (Å²) in [6.45, 7) is 7.08. The zero-order valence-corrected chi connectivity index (χ0v) is 27.1. The molecule has 1 atom stereocenters. The topological polar surface area (TPSA) is 101 Å². The van der Waals surface area contributed by atoms with Gasteiger partial charge in [0.15, 0.2) is 5.78 Å². The van der Waals surface area contributed by atoms with Gasteiger partial charge in [0, 0.05) is 38.0 Å². The number of halogens is 2. The second-order valence-corrected chi connectivity index (χ2v) is 13.2. The highest BCUT2D eigenvalue weighted by atomic mass is 35.5. The average Bonchev–Trinajstić information content (AvgIpc) is 3.72. The summed E-state index contributed by atoms with van der Waals surface area (Å²) < 4.78 is 33.3. The van der Waals surface area contributed by atoms with Crippen LogP contribution in [0.15, 0.2) is 47.1 Å². The van der Waals surface area contributed by atoms with E-state index in [1.165, 1.54) is 12.3 Å². The van der Waals surface area contributed by atoms with Crippen molar-refractivity contribution in [1.29, 1.82) is 0 Å². The first kappa shape index (κ1) is 32.6. The van der Waals surface area contributed by atoms with Gasteiger partial charge in [0.05, 0.1) is 34.9 Å². The number of para-hydroxylation sites is 1. The lowest BCUT2D eigenvalue weighted by molar-refractivity contribution is -0.275. The standard InChI is InChI=1S/C35H41ClFN3O6/c1-3-44-34(43)23-10-12-25(13-11-23)46-35(39-14-6-7-15-39,40-19-22(2)20-40)32(41)17-24-16-28(36)30(18-29(24)37)38-33(42)27-21-45-31-9-5-4-8-26(27)31/h4-5,8-9,16,18,21-23,25H,3,6-7,10-15,17,19-20H2,1-2H3,(H,38,42)/t23-,25-,35?. The van der Waals surface area contributed by atoms with E-state index in [0.717, 1.165) is 18.9 Å². The fraction of sp³-hybridized carbons (Fsp3) is 0.514. The molecule has 1 saturated carbocycles. The maximum atomic E-state index is 15.7. The number of ether oxygens (including phenoxy) is 2. The minimum Gasteiger partial charge on any atom is -0.466 e. The first-order valence-corrected chi connectivity index (χ1v) is 16.7. The van der Waals surface area contributed by atoms with Gasteiger partial charge in [0.2, 0.25) is 5.85 Å². The summed E-state index contributed by atoms with van der Waals surface area (Å²) in [7, 11) is 0. The third kappa shape index (κ3) is 6.45. The Kier molecular flexibility index (Phi) is 9.80. The molecule has 246 valence electrons. The number of nitrogens with zero attached hydrogens (tertiary/aromatic N) is 2. The Morgan fingerprint density at radius 2 is 1.78 bits per heavy atom. The molecule has 0 radical (unpaired) electrons. The van der Waals surface area contributed by atoms with Crippen molar-refractivity contribution in [2.75, 3.05) is 38.1 Å². The van der Waals surface area contributed by atoms with Crippen LogP contribution in [-0.4, -0.2) is 72.2 Å². The Bertz CT molecular complexity index is 1590. The maximum Gasteiger partial charge on any atom is 0.308 e. The highest BCUT2D eigenvalue weighted by molar-refractivity contribution is 6.34. The molecule has 0 spiro atoms. The molecule has 3 aromatic rings. The molecular weight excluding hydrogens is 613 g/mol. The van der Waals surface area contributed by atoms with Gasteiger partial charge < -0.3 is 19.2 Å². The second-order valence-electron chi connectivity index (χ2n) is 12.8. The molecule has 1 N–H and O–H groups in total. The zero-order valence-electron chi connectivity index (χ0n) is 26.4. The number of Topliss-reactive ketones (excluding diaryl/α,β-unsaturated/α-hetero) is 1. The molecule has 0 bridgehead atoms. The van der Waals surface area contributed by atoms with Crippen LogP contribution < -0.4 is 5.32 Å². The van der Waals surface area contributed by atoms with Crippen LogP contribution in [-0.2, 0) is 25.5 Å². The summed E-state index contributed by atoms with van der Waals surface area (Å²) in [4.78, 5) is 44.1. The maximum absolute atomic E-state index is 15.7. The molecule has 11 heteroatoms. The minimum atomic E-state index is -1.33. The number of esters is 1. The van der Waals surface area contributed by atoms with E-state index in [-0.39, 0.29) is 46.5 Å². The van der Waals surface area contributed by atoms with Crippen LogP contribution in [0.3, 0.4) is 0 Å². The van der Waals surface area contributed by atoms with Gasteiger partial charge in [-0.05, 0) is 75.1 Å². The molecule has 2 aliphatic heterocycles. The van der Waals surface area contributed by atoms with E-state index in [2.05, 4.69) is 22.0 Å². The Morgan fingerprint density at radius 3 is 2.48 bits per heavy atom. The SMILES string of the molecule is CCOC(=O)[C@H]1CC[C@H](OC(C(=O)Cc2cc(Cl)c(NC(=O)c3coc4ccccc34)cc2F)(N2CCCC2)N2CC(C)C2)CC1. The molecule has 3 aliphatic rings. The summed E-state index contributed by atoms with van der Waals surface area (Å²) >= 11 is 6.58. The lowest BCUT2D eigenvalue weighted by Crippen LogP contribution is -2.72. The van der Waals surface area contributed by atoms with Gasteiger partial charge in [-0.1, -0.05) is 36.7 Å². The number of amides is 1. The molecule has 6 rings (SSSR count). The fourth-order valence-electron chi connectivity index (χ4n) is 7.09. The number of hydrogen-bond acceptors (Lipinski definition) is 8. The molecule has 1 aliphatic carbocycles. The van der Waals surface area contributed by atoms with Crippen LogP contribution in [0.5, 0.6) is 0 Å². The van der Waals surface area contributed by atoms with E-state index in [1.807, 2.05) is 6.07 Å². The van der Waals surface area contributed by atoms with Crippen molar-refractivity contribution in [2.45, 2.75) is 70.7 Å². The van der Waals surface area contributed by atoms with E-state index >= 15 is 4.39 Å². The summed E-state index contributed by atoms with van der Waals surface area (Å²) in [6.07, 6.45) is 5.33. The summed E-state index contributed by atoms with van der Waals surface area (Å²) in [5.74, 6) is -2.65. The van der Waals surface area contributed by atoms with Crippen molar-refractivity contribution < 1.29 is 32.7 Å². The van der Waals surface area contributed by atoms with Crippen molar-refractivity contribution in [3.63, 3.8) is 0 Å². The Hall–Kier alpha value is -3.31. The van der Waals surface area contributed by atoms with Gasteiger partial charge in [-0.15, -0.1) is 0 Å². The number of likely N-dealkylation sites (tertiary alicyclic amines) is 2. The van der Waals surface area contributed by atoms with Crippen molar-refractivity contribution in [3.05, 3.63) is 64.6 Å². The zero-order chi connectivity index (χ0) is 32.4. The average molecular weight is 654 g/mol. The summed E-state index contributed by atoms with van der Waals surface area (Å²) in [5, 5.41) is 3.44. The molecule has 3 fully saturated rings. The van der Waals surface area contributed by atoms with Crippen LogP contribution in [0, 0.1) is 17.7 Å². The molecule has 9 nitrogen and oxygen atoms in total. The van der Waals surface area contributed by atoms with Crippen LogP contribution in [0.4, 0.5) is 10.1 Å². The van der Waals surface area contributed by atoms with E-state index < -0.39 is 17.6 Å². The molecular formula is C35H41ClFN3O6. The number of benzene rings is 2. The Balaban J connectivity index is 1.23. The number of fused-ring (bicyclic) bond motifs is 1. The largest absolute Gasteiger partial charge is 0.466 e. The third-order valence-corrected chi connectivity index (χ3v) is 9.79. The third-order valence-electron chi connectivity index (χ3n) is 9.48. The number of carbonyl (C=O) groups is 3. The second kappa shape index (κ2) is 13.8. The number of carbonyl (C=O) groups excluding carboxylic acids is 3. The van der Waals surface area contributed by atoms with E-state index in [1.54, 1.807) is 25.1 Å². The first-order valence-electron chi connectivity index (χ1n) is 16.3. The number of anilines is 1. The van der Waals surface area contributed by atoms with E-state index in [4.69, 9.17) is 25.5 Å². The minimum absolute atomic E-state index is 0.0997. The molecule has 1 amide bonds. The van der Waals surface area contributed by atoms with E-state index in [9.17, 15) is 14.4 Å². The highest BCUT2D eigenvalue weighted by Crippen LogP contribution is 2.39. The molecule has 1 unspecified atom stereocenters. The monoisotopic (exact) mass is 653 g/mol. The van der Waals surface area contributed by atoms with Crippen molar-refractivity contribution in [2.24, 2.45) is 11.8 Å². The molecule has 1 aromatic heterocycles. The lowest BCUT2D eigenvalue weighted by atomic mass is 9.87. The Morgan fingerprint density at radius 1 is 1.07 bits per heavy atom. The lowest BCUT2D eigenvalue weighted by Gasteiger charge is -2.55. The Labute approximate surface area is 273 Å². The molecule has 3 heterocycles. The first-order chi connectivity index (χ1) is 22.2. The quantitative estimate of drug-likeness (QED) is 0.236. The van der Waals surface area contributed by atoms with Gasteiger partial charge in [-0.25, -0.2) is 4.39 Å². The van der Waals surface area contributed by atoms with Crippen molar-refractivity contribution in [1.82, 2.24) is 9.80 Å². The van der Waals surface area contributed by atoms with Gasteiger partial charge in [-0.2, -0.15) is 0 Å². The van der Waals surface area contributed by atoms with E-state index in [0.29, 0.717) is 80.9 Å². The predicted octanol–water partition coefficient (Wildman–Crippen LogP) is 6.43. The fourth-order valence-corrected chi connectivity index (χ4v) is 7.33. The van der Waals surface area contributed by atoms with Crippen LogP contribution in [0.2, 0.25) is 5.02 Å². The van der Waals surface area contributed by atoms with Crippen LogP contribution in [0.1, 0.15) is 68.3 Å². The normalized spacial score (nSPS) is 22.3. The summed E-state index contributed by atoms with van der Waals surface area (Å²) in [5.41, 5.74) is 1.10. The highest BCUT2D eigenvalue weighted by Gasteiger charge is 2.55. The van der Waals surface area contributed by atoms with Crippen LogP contribution in [0.25, 0.3) is 11.0 Å². The summed E-state index contributed by atoms with van der Waals surface area (Å²) in [6, 6.07) is 9.70. The molecule has 46 heavy (non-hydrogen) atoms. The van der Waals surface area contributed by atoms with Gasteiger partial charge in [0.25, 0.3) is 5.91 Å². The smallest absolute Gasteiger partial charge is 0.308 e. The number of hydrogen-bond donors (Lipinski definition) is 1. The molecule has 2 saturated heterocycles. The van der Waals surface area contributed by atoms with Gasteiger partial charge in [-0.3, -0.25) is 24.2 Å². The van der Waals surface area contributed by atoms with Gasteiger partial charge >= 0.3 is 5.97 Å². The number of furan rings is 1. The number of ketones is 1. The van der Waals surface area contributed by atoms with Gasteiger partial charge in [0.1, 0.15) is 17.7 Å². The number of nitrogens with one attached hydrogen (secondary N) is 1. The van der Waals surface area contributed by atoms with Crippen LogP contribution >= 0.6 is 11.6 Å².